The van der Waals surface area contributed by atoms with Crippen molar-refractivity contribution >= 4 is 29.4 Å². The molecule has 1 spiro atoms. The predicted molar refractivity (Wildman–Crippen MR) is 98.7 cm³/mol. The monoisotopic (exact) mass is 377 g/mol. The van der Waals surface area contributed by atoms with Gasteiger partial charge in [-0.25, -0.2) is 4.79 Å². The summed E-state index contributed by atoms with van der Waals surface area (Å²) in [6, 6.07) is 6.47. The maximum atomic E-state index is 12.8. The maximum absolute atomic E-state index is 12.8. The van der Waals surface area contributed by atoms with Crippen LogP contribution < -0.4 is 10.6 Å². The van der Waals surface area contributed by atoms with Gasteiger partial charge in [0, 0.05) is 5.02 Å². The number of benzene rings is 1. The van der Waals surface area contributed by atoms with Gasteiger partial charge in [0.2, 0.25) is 5.91 Å². The molecule has 0 bridgehead atoms. The molecule has 1 saturated carbocycles. The fourth-order valence-corrected chi connectivity index (χ4v) is 3.88. The molecule has 1 atom stereocenters. The highest BCUT2D eigenvalue weighted by atomic mass is 35.5. The number of hydrogen-bond acceptors (Lipinski definition) is 3. The first-order valence-corrected chi connectivity index (χ1v) is 9.48. The van der Waals surface area contributed by atoms with Gasteiger partial charge in [-0.15, -0.1) is 0 Å². The summed E-state index contributed by atoms with van der Waals surface area (Å²) in [7, 11) is 0. The molecule has 6 nitrogen and oxygen atoms in total. The fraction of sp³-hybridized carbons (Fsp3) is 0.526. The Morgan fingerprint density at radius 2 is 1.81 bits per heavy atom. The van der Waals surface area contributed by atoms with Gasteiger partial charge in [-0.2, -0.15) is 0 Å². The molecule has 1 aliphatic carbocycles. The second kappa shape index (κ2) is 7.66. The summed E-state index contributed by atoms with van der Waals surface area (Å²) in [6.07, 6.45) is 5.28. The predicted octanol–water partition coefficient (Wildman–Crippen LogP) is 3.16. The minimum atomic E-state index is -0.810. The van der Waals surface area contributed by atoms with E-state index in [4.69, 9.17) is 11.6 Å². The second-order valence-corrected chi connectivity index (χ2v) is 7.59. The molecule has 2 aliphatic rings. The van der Waals surface area contributed by atoms with Gasteiger partial charge in [0.05, 0.1) is 6.04 Å². The van der Waals surface area contributed by atoms with Crippen molar-refractivity contribution in [2.24, 2.45) is 0 Å². The zero-order valence-electron chi connectivity index (χ0n) is 14.9. The Balaban J connectivity index is 1.62. The van der Waals surface area contributed by atoms with Gasteiger partial charge >= 0.3 is 6.03 Å². The van der Waals surface area contributed by atoms with E-state index in [9.17, 15) is 14.4 Å². The molecule has 1 heterocycles. The largest absolute Gasteiger partial charge is 0.348 e. The lowest BCUT2D eigenvalue weighted by atomic mass is 9.90. The zero-order chi connectivity index (χ0) is 18.7. The van der Waals surface area contributed by atoms with E-state index in [0.29, 0.717) is 17.9 Å². The summed E-state index contributed by atoms with van der Waals surface area (Å²) in [5.41, 5.74) is 0.0931. The maximum Gasteiger partial charge on any atom is 0.325 e. The molecule has 3 rings (SSSR count). The van der Waals surface area contributed by atoms with E-state index in [0.717, 1.165) is 36.1 Å². The Labute approximate surface area is 158 Å². The van der Waals surface area contributed by atoms with Crippen molar-refractivity contribution in [2.75, 3.05) is 6.54 Å². The first-order valence-electron chi connectivity index (χ1n) is 9.10. The molecule has 1 saturated heterocycles. The number of hydrogen-bond donors (Lipinski definition) is 2. The van der Waals surface area contributed by atoms with E-state index in [2.05, 4.69) is 10.6 Å². The second-order valence-electron chi connectivity index (χ2n) is 7.16. The summed E-state index contributed by atoms with van der Waals surface area (Å²) in [5, 5.41) is 6.31. The number of carbonyl (C=O) groups excluding carboxylic acids is 3. The molecule has 1 unspecified atom stereocenters. The Hall–Kier alpha value is -2.08. The Morgan fingerprint density at radius 1 is 1.19 bits per heavy atom. The van der Waals surface area contributed by atoms with Crippen molar-refractivity contribution in [3.05, 3.63) is 34.9 Å². The number of imide groups is 1. The van der Waals surface area contributed by atoms with Crippen LogP contribution in [0.5, 0.6) is 0 Å². The van der Waals surface area contributed by atoms with Crippen LogP contribution >= 0.6 is 11.6 Å². The van der Waals surface area contributed by atoms with Gasteiger partial charge in [0.1, 0.15) is 12.1 Å². The van der Waals surface area contributed by atoms with Crippen molar-refractivity contribution in [2.45, 2.75) is 57.0 Å². The topological polar surface area (TPSA) is 78.5 Å². The van der Waals surface area contributed by atoms with Crippen molar-refractivity contribution in [1.82, 2.24) is 15.5 Å². The summed E-state index contributed by atoms with van der Waals surface area (Å²) >= 11 is 5.87. The average molecular weight is 378 g/mol. The zero-order valence-corrected chi connectivity index (χ0v) is 15.6. The quantitative estimate of drug-likeness (QED) is 0.791. The molecule has 140 valence electrons. The van der Waals surface area contributed by atoms with Gasteiger partial charge < -0.3 is 10.6 Å². The van der Waals surface area contributed by atoms with Crippen LogP contribution in [0.2, 0.25) is 5.02 Å². The Bertz CT molecular complexity index is 696. The van der Waals surface area contributed by atoms with Crippen LogP contribution in [0, 0.1) is 0 Å². The van der Waals surface area contributed by atoms with E-state index in [1.165, 1.54) is 0 Å². The number of halogens is 1. The molecule has 7 heteroatoms. The van der Waals surface area contributed by atoms with Gasteiger partial charge in [-0.3, -0.25) is 14.5 Å². The standard InChI is InChI=1S/C19H24ClN3O3/c1-13(14-6-8-15(20)9-7-14)21-16(24)12-23-17(25)19(22-18(23)26)10-4-2-3-5-11-19/h6-9,13H,2-5,10-12H2,1H3,(H,21,24)(H,22,26). The van der Waals surface area contributed by atoms with Gasteiger partial charge in [-0.05, 0) is 37.5 Å². The SMILES string of the molecule is CC(NC(=O)CN1C(=O)NC2(CCCCCC2)C1=O)c1ccc(Cl)cc1. The molecule has 1 aromatic rings. The van der Waals surface area contributed by atoms with Crippen molar-refractivity contribution in [3.63, 3.8) is 0 Å². The van der Waals surface area contributed by atoms with Crippen molar-refractivity contribution < 1.29 is 14.4 Å². The van der Waals surface area contributed by atoms with Crippen LogP contribution in [0.25, 0.3) is 0 Å². The summed E-state index contributed by atoms with van der Waals surface area (Å²) in [5.74, 6) is -0.625. The molecular weight excluding hydrogens is 354 g/mol. The molecular formula is C19H24ClN3O3. The lowest BCUT2D eigenvalue weighted by Crippen LogP contribution is -2.47. The third-order valence-corrected chi connectivity index (χ3v) is 5.50. The number of rotatable bonds is 4. The lowest BCUT2D eigenvalue weighted by molar-refractivity contribution is -0.135. The van der Waals surface area contributed by atoms with Crippen molar-refractivity contribution in [3.8, 4) is 0 Å². The smallest absolute Gasteiger partial charge is 0.325 e. The molecule has 4 amide bonds. The highest BCUT2D eigenvalue weighted by Crippen LogP contribution is 2.32. The molecule has 0 radical (unpaired) electrons. The van der Waals surface area contributed by atoms with E-state index >= 15 is 0 Å². The molecule has 2 N–H and O–H groups in total. The lowest BCUT2D eigenvalue weighted by Gasteiger charge is -2.24. The van der Waals surface area contributed by atoms with Crippen LogP contribution in [0.4, 0.5) is 4.79 Å². The van der Waals surface area contributed by atoms with E-state index in [1.807, 2.05) is 19.1 Å². The Morgan fingerprint density at radius 3 is 2.42 bits per heavy atom. The van der Waals surface area contributed by atoms with Gasteiger partial charge in [0.15, 0.2) is 0 Å². The first-order chi connectivity index (χ1) is 12.4. The summed E-state index contributed by atoms with van der Waals surface area (Å²) in [6.45, 7) is 1.59. The molecule has 1 aromatic carbocycles. The van der Waals surface area contributed by atoms with E-state index in [1.54, 1.807) is 12.1 Å². The highest BCUT2D eigenvalue weighted by Gasteiger charge is 2.51. The number of amides is 4. The number of nitrogens with one attached hydrogen (secondary N) is 2. The number of urea groups is 1. The van der Waals surface area contributed by atoms with E-state index < -0.39 is 11.6 Å². The highest BCUT2D eigenvalue weighted by molar-refractivity contribution is 6.30. The number of nitrogens with zero attached hydrogens (tertiary/aromatic N) is 1. The van der Waals surface area contributed by atoms with Crippen LogP contribution in [0.3, 0.4) is 0 Å². The fourth-order valence-electron chi connectivity index (χ4n) is 3.76. The molecule has 26 heavy (non-hydrogen) atoms. The third-order valence-electron chi connectivity index (χ3n) is 5.25. The van der Waals surface area contributed by atoms with Crippen LogP contribution in [-0.2, 0) is 9.59 Å². The third kappa shape index (κ3) is 3.85. The number of carbonyl (C=O) groups is 3. The van der Waals surface area contributed by atoms with Gasteiger partial charge in [0.25, 0.3) is 5.91 Å². The van der Waals surface area contributed by atoms with Crippen molar-refractivity contribution in [1.29, 1.82) is 0 Å². The molecule has 2 fully saturated rings. The van der Waals surface area contributed by atoms with E-state index in [-0.39, 0.29) is 24.4 Å². The normalized spacial score (nSPS) is 20.6. The van der Waals surface area contributed by atoms with Crippen LogP contribution in [-0.4, -0.2) is 34.8 Å². The minimum absolute atomic E-state index is 0.243. The average Bonchev–Trinajstić information content (AvgIpc) is 2.77. The van der Waals surface area contributed by atoms with Crippen LogP contribution in [0.15, 0.2) is 24.3 Å². The molecule has 0 aromatic heterocycles. The summed E-state index contributed by atoms with van der Waals surface area (Å²) in [4.78, 5) is 38.5. The first kappa shape index (κ1) is 18.7. The van der Waals surface area contributed by atoms with Crippen LogP contribution in [0.1, 0.15) is 57.1 Å². The van der Waals surface area contributed by atoms with Gasteiger partial charge in [-0.1, -0.05) is 49.4 Å². The molecule has 1 aliphatic heterocycles. The Kier molecular flexibility index (Phi) is 5.51. The minimum Gasteiger partial charge on any atom is -0.348 e. The summed E-state index contributed by atoms with van der Waals surface area (Å²) < 4.78 is 0.